The molecule has 16 heavy (non-hydrogen) atoms. The molecule has 0 saturated carbocycles. The molecule has 0 aromatic carbocycles. The molecule has 90 valence electrons. The number of likely N-dealkylation sites (N-methyl/N-ethyl adjacent to an activating group) is 1. The Bertz CT molecular complexity index is 348. The Kier molecular flexibility index (Phi) is 4.49. The molecule has 1 heterocycles. The topological polar surface area (TPSA) is 64.2 Å². The molecule has 1 atom stereocenters. The first-order chi connectivity index (χ1) is 7.56. The minimum atomic E-state index is -0.393. The summed E-state index contributed by atoms with van der Waals surface area (Å²) < 4.78 is 1.90. The van der Waals surface area contributed by atoms with Crippen molar-refractivity contribution in [3.05, 3.63) is 18.2 Å². The van der Waals surface area contributed by atoms with Crippen LogP contribution in [0.4, 0.5) is 0 Å². The van der Waals surface area contributed by atoms with Crippen molar-refractivity contribution in [2.75, 3.05) is 7.05 Å². The van der Waals surface area contributed by atoms with E-state index in [0.29, 0.717) is 6.54 Å². The molecule has 0 aliphatic carbocycles. The second-order valence-corrected chi connectivity index (χ2v) is 4.04. The third-order valence-corrected chi connectivity index (χ3v) is 2.59. The summed E-state index contributed by atoms with van der Waals surface area (Å²) in [7, 11) is 3.67. The van der Waals surface area contributed by atoms with Gasteiger partial charge in [0.1, 0.15) is 5.82 Å². The molecule has 5 nitrogen and oxygen atoms in total. The van der Waals surface area contributed by atoms with Gasteiger partial charge in [0.15, 0.2) is 0 Å². The van der Waals surface area contributed by atoms with Gasteiger partial charge < -0.3 is 15.2 Å². The quantitative estimate of drug-likeness (QED) is 0.792. The molecule has 1 amide bonds. The lowest BCUT2D eigenvalue weighted by molar-refractivity contribution is -0.132. The van der Waals surface area contributed by atoms with Crippen molar-refractivity contribution in [3.8, 4) is 0 Å². The van der Waals surface area contributed by atoms with E-state index in [0.717, 1.165) is 18.7 Å². The Morgan fingerprint density at radius 3 is 2.88 bits per heavy atom. The average molecular weight is 224 g/mol. The van der Waals surface area contributed by atoms with Crippen molar-refractivity contribution in [2.45, 2.75) is 32.4 Å². The molecule has 0 spiro atoms. The lowest BCUT2D eigenvalue weighted by Crippen LogP contribution is -2.41. The lowest BCUT2D eigenvalue weighted by Gasteiger charge is -2.20. The van der Waals surface area contributed by atoms with Gasteiger partial charge in [-0.25, -0.2) is 4.98 Å². The van der Waals surface area contributed by atoms with E-state index in [2.05, 4.69) is 4.98 Å². The summed E-state index contributed by atoms with van der Waals surface area (Å²) in [6.45, 7) is 2.52. The number of aryl methyl sites for hydroxylation is 1. The number of carbonyl (C=O) groups is 1. The molecule has 1 rings (SSSR count). The molecule has 0 aliphatic heterocycles. The minimum absolute atomic E-state index is 0.0233. The molecule has 1 aromatic heterocycles. The van der Waals surface area contributed by atoms with E-state index in [4.69, 9.17) is 5.73 Å². The first-order valence-electron chi connectivity index (χ1n) is 5.53. The first kappa shape index (κ1) is 12.7. The standard InChI is InChI=1S/C11H20N4O/c1-4-5-9(12)11(16)15(3)8-10-13-6-7-14(10)2/h6-7,9H,4-5,8,12H2,1-3H3. The average Bonchev–Trinajstić information content (AvgIpc) is 2.63. The highest BCUT2D eigenvalue weighted by Gasteiger charge is 2.18. The molecule has 0 fully saturated rings. The van der Waals surface area contributed by atoms with Crippen molar-refractivity contribution in [2.24, 2.45) is 12.8 Å². The summed E-state index contributed by atoms with van der Waals surface area (Å²) in [5.74, 6) is 0.837. The van der Waals surface area contributed by atoms with Gasteiger partial charge in [0, 0.05) is 26.5 Å². The predicted octanol–water partition coefficient (Wildman–Crippen LogP) is 0.506. The molecule has 5 heteroatoms. The Morgan fingerprint density at radius 2 is 2.38 bits per heavy atom. The summed E-state index contributed by atoms with van der Waals surface area (Å²) in [4.78, 5) is 17.6. The number of hydrogen-bond donors (Lipinski definition) is 1. The fraction of sp³-hybridized carbons (Fsp3) is 0.636. The number of rotatable bonds is 5. The van der Waals surface area contributed by atoms with Crippen molar-refractivity contribution < 1.29 is 4.79 Å². The van der Waals surface area contributed by atoms with Crippen LogP contribution in [0.1, 0.15) is 25.6 Å². The zero-order chi connectivity index (χ0) is 12.1. The van der Waals surface area contributed by atoms with E-state index in [-0.39, 0.29) is 5.91 Å². The predicted molar refractivity (Wildman–Crippen MR) is 62.6 cm³/mol. The highest BCUT2D eigenvalue weighted by atomic mass is 16.2. The lowest BCUT2D eigenvalue weighted by atomic mass is 10.1. The van der Waals surface area contributed by atoms with E-state index < -0.39 is 6.04 Å². The van der Waals surface area contributed by atoms with E-state index in [1.54, 1.807) is 18.1 Å². The van der Waals surface area contributed by atoms with E-state index >= 15 is 0 Å². The Labute approximate surface area is 96.3 Å². The molecule has 0 bridgehead atoms. The van der Waals surface area contributed by atoms with Crippen molar-refractivity contribution >= 4 is 5.91 Å². The van der Waals surface area contributed by atoms with Crippen LogP contribution in [0.3, 0.4) is 0 Å². The van der Waals surface area contributed by atoms with Crippen LogP contribution in [0.15, 0.2) is 12.4 Å². The van der Waals surface area contributed by atoms with Gasteiger partial charge in [-0.1, -0.05) is 13.3 Å². The molecule has 0 radical (unpaired) electrons. The minimum Gasteiger partial charge on any atom is -0.337 e. The smallest absolute Gasteiger partial charge is 0.239 e. The van der Waals surface area contributed by atoms with Crippen LogP contribution in [0.2, 0.25) is 0 Å². The highest BCUT2D eigenvalue weighted by molar-refractivity contribution is 5.81. The summed E-state index contributed by atoms with van der Waals surface area (Å²) in [5.41, 5.74) is 5.78. The second-order valence-electron chi connectivity index (χ2n) is 4.04. The maximum absolute atomic E-state index is 11.8. The van der Waals surface area contributed by atoms with Crippen LogP contribution >= 0.6 is 0 Å². The molecular weight excluding hydrogens is 204 g/mol. The van der Waals surface area contributed by atoms with Crippen LogP contribution in [-0.2, 0) is 18.4 Å². The van der Waals surface area contributed by atoms with Gasteiger partial charge in [-0.2, -0.15) is 0 Å². The van der Waals surface area contributed by atoms with Gasteiger partial charge >= 0.3 is 0 Å². The largest absolute Gasteiger partial charge is 0.337 e. The van der Waals surface area contributed by atoms with Crippen molar-refractivity contribution in [3.63, 3.8) is 0 Å². The van der Waals surface area contributed by atoms with Crippen LogP contribution in [0.25, 0.3) is 0 Å². The molecule has 2 N–H and O–H groups in total. The van der Waals surface area contributed by atoms with Crippen LogP contribution < -0.4 is 5.73 Å². The number of aromatic nitrogens is 2. The molecule has 0 saturated heterocycles. The van der Waals surface area contributed by atoms with Crippen LogP contribution in [0.5, 0.6) is 0 Å². The molecule has 1 aromatic rings. The van der Waals surface area contributed by atoms with E-state index in [1.807, 2.05) is 24.7 Å². The summed E-state index contributed by atoms with van der Waals surface area (Å²) >= 11 is 0. The van der Waals surface area contributed by atoms with Gasteiger partial charge in [0.25, 0.3) is 0 Å². The zero-order valence-corrected chi connectivity index (χ0v) is 10.2. The monoisotopic (exact) mass is 224 g/mol. The van der Waals surface area contributed by atoms with Gasteiger partial charge in [-0.3, -0.25) is 4.79 Å². The Hall–Kier alpha value is -1.36. The van der Waals surface area contributed by atoms with Gasteiger partial charge in [-0.15, -0.1) is 0 Å². The maximum atomic E-state index is 11.8. The SMILES string of the molecule is CCCC(N)C(=O)N(C)Cc1nccn1C. The Balaban J connectivity index is 2.55. The first-order valence-corrected chi connectivity index (χ1v) is 5.53. The van der Waals surface area contributed by atoms with Crippen LogP contribution in [-0.4, -0.2) is 33.4 Å². The zero-order valence-electron chi connectivity index (χ0n) is 10.2. The second kappa shape index (κ2) is 5.65. The van der Waals surface area contributed by atoms with Crippen molar-refractivity contribution in [1.82, 2.24) is 14.5 Å². The highest BCUT2D eigenvalue weighted by Crippen LogP contribution is 2.03. The van der Waals surface area contributed by atoms with E-state index in [9.17, 15) is 4.79 Å². The number of carbonyl (C=O) groups excluding carboxylic acids is 1. The summed E-state index contributed by atoms with van der Waals surface area (Å²) in [5, 5.41) is 0. The third kappa shape index (κ3) is 3.06. The van der Waals surface area contributed by atoms with Gasteiger partial charge in [0.2, 0.25) is 5.91 Å². The number of imidazole rings is 1. The number of hydrogen-bond acceptors (Lipinski definition) is 3. The molecule has 0 aliphatic rings. The number of nitrogens with two attached hydrogens (primary N) is 1. The van der Waals surface area contributed by atoms with Gasteiger partial charge in [-0.05, 0) is 6.42 Å². The normalized spacial score (nSPS) is 12.5. The molecule has 1 unspecified atom stereocenters. The maximum Gasteiger partial charge on any atom is 0.239 e. The van der Waals surface area contributed by atoms with E-state index in [1.165, 1.54) is 0 Å². The number of amides is 1. The van der Waals surface area contributed by atoms with Crippen LogP contribution in [0, 0.1) is 0 Å². The number of nitrogens with zero attached hydrogens (tertiary/aromatic N) is 3. The van der Waals surface area contributed by atoms with Crippen molar-refractivity contribution in [1.29, 1.82) is 0 Å². The third-order valence-electron chi connectivity index (χ3n) is 2.59. The summed E-state index contributed by atoms with van der Waals surface area (Å²) in [6, 6.07) is -0.393. The van der Waals surface area contributed by atoms with Gasteiger partial charge in [0.05, 0.1) is 12.6 Å². The molecular formula is C11H20N4O. The Morgan fingerprint density at radius 1 is 1.69 bits per heavy atom. The summed E-state index contributed by atoms with van der Waals surface area (Å²) in [6.07, 6.45) is 5.23. The fourth-order valence-corrected chi connectivity index (χ4v) is 1.56. The fourth-order valence-electron chi connectivity index (χ4n) is 1.56.